The number of benzene rings is 2. The van der Waals surface area contributed by atoms with Gasteiger partial charge in [0.25, 0.3) is 11.8 Å². The van der Waals surface area contributed by atoms with Gasteiger partial charge in [0.15, 0.2) is 0 Å². The first-order valence-corrected chi connectivity index (χ1v) is 12.5. The molecule has 1 amide bonds. The Hall–Kier alpha value is -3.56. The highest BCUT2D eigenvalue weighted by atomic mass is 32.1. The molecular weight excluding hydrogens is 465 g/mol. The molecule has 2 aromatic heterocycles. The monoisotopic (exact) mass is 491 g/mol. The third-order valence-electron chi connectivity index (χ3n) is 6.00. The molecular formula is C26H26FN5O2S. The van der Waals surface area contributed by atoms with E-state index in [1.54, 1.807) is 6.07 Å². The largest absolute Gasteiger partial charge is 0.369 e. The van der Waals surface area contributed by atoms with Crippen molar-refractivity contribution in [2.75, 3.05) is 44.2 Å². The summed E-state index contributed by atoms with van der Waals surface area (Å²) in [6.07, 6.45) is 0.881. The maximum atomic E-state index is 13.1. The van der Waals surface area contributed by atoms with E-state index in [0.29, 0.717) is 23.1 Å². The summed E-state index contributed by atoms with van der Waals surface area (Å²) in [5, 5.41) is 7.07. The molecule has 0 unspecified atom stereocenters. The molecule has 1 N–H and O–H groups in total. The van der Waals surface area contributed by atoms with E-state index in [1.807, 2.05) is 48.5 Å². The van der Waals surface area contributed by atoms with Crippen molar-refractivity contribution in [1.29, 1.82) is 0 Å². The van der Waals surface area contributed by atoms with Crippen molar-refractivity contribution in [2.24, 2.45) is 0 Å². The van der Waals surface area contributed by atoms with Crippen molar-refractivity contribution < 1.29 is 13.7 Å². The number of anilines is 1. The summed E-state index contributed by atoms with van der Waals surface area (Å²) in [5.74, 6) is 0.639. The number of carbonyl (C=O) groups excluding carboxylic acids is 1. The van der Waals surface area contributed by atoms with Crippen LogP contribution in [0.25, 0.3) is 22.2 Å². The molecule has 180 valence electrons. The van der Waals surface area contributed by atoms with E-state index in [1.165, 1.54) is 23.5 Å². The third kappa shape index (κ3) is 5.75. The van der Waals surface area contributed by atoms with Crippen LogP contribution in [0.1, 0.15) is 16.1 Å². The number of nitrogens with zero attached hydrogens (tertiary/aromatic N) is 4. The van der Waals surface area contributed by atoms with E-state index >= 15 is 0 Å². The van der Waals surface area contributed by atoms with Crippen molar-refractivity contribution >= 4 is 22.9 Å². The quantitative estimate of drug-likeness (QED) is 0.365. The highest BCUT2D eigenvalue weighted by Crippen LogP contribution is 2.28. The Morgan fingerprint density at radius 3 is 2.54 bits per heavy atom. The zero-order valence-electron chi connectivity index (χ0n) is 19.2. The zero-order chi connectivity index (χ0) is 24.0. The second-order valence-corrected chi connectivity index (χ2v) is 9.45. The fraction of sp³-hybridized carbons (Fsp3) is 0.269. The fourth-order valence-electron chi connectivity index (χ4n) is 4.07. The van der Waals surface area contributed by atoms with E-state index in [9.17, 15) is 9.18 Å². The van der Waals surface area contributed by atoms with Crippen molar-refractivity contribution in [3.8, 4) is 22.2 Å². The number of aromatic nitrogens is 2. The summed E-state index contributed by atoms with van der Waals surface area (Å²) in [6, 6.07) is 19.9. The average Bonchev–Trinajstić information content (AvgIpc) is 3.58. The summed E-state index contributed by atoms with van der Waals surface area (Å²) in [5.41, 5.74) is 1.92. The molecule has 9 heteroatoms. The molecule has 7 nitrogen and oxygen atoms in total. The normalized spacial score (nSPS) is 14.3. The van der Waals surface area contributed by atoms with Crippen LogP contribution in [0.3, 0.4) is 0 Å². The predicted octanol–water partition coefficient (Wildman–Crippen LogP) is 4.55. The van der Waals surface area contributed by atoms with Gasteiger partial charge in [-0.15, -0.1) is 11.3 Å². The van der Waals surface area contributed by atoms with Gasteiger partial charge in [0, 0.05) is 44.0 Å². The van der Waals surface area contributed by atoms with Gasteiger partial charge in [-0.1, -0.05) is 23.4 Å². The Morgan fingerprint density at radius 2 is 1.77 bits per heavy atom. The van der Waals surface area contributed by atoms with Crippen molar-refractivity contribution in [2.45, 2.75) is 6.42 Å². The van der Waals surface area contributed by atoms with Gasteiger partial charge in [-0.05, 0) is 61.5 Å². The van der Waals surface area contributed by atoms with Gasteiger partial charge < -0.3 is 14.7 Å². The molecule has 1 aliphatic rings. The van der Waals surface area contributed by atoms with Crippen LogP contribution in [0.2, 0.25) is 0 Å². The van der Waals surface area contributed by atoms with E-state index in [0.717, 1.165) is 55.3 Å². The smallest absolute Gasteiger partial charge is 0.261 e. The Bertz CT molecular complexity index is 1250. The number of rotatable bonds is 8. The van der Waals surface area contributed by atoms with Crippen LogP contribution in [0.5, 0.6) is 0 Å². The molecule has 2 aromatic carbocycles. The number of hydrogen-bond donors (Lipinski definition) is 1. The molecule has 1 fully saturated rings. The second kappa shape index (κ2) is 10.8. The number of thiophene rings is 1. The number of hydrogen-bond acceptors (Lipinski definition) is 7. The molecule has 5 rings (SSSR count). The van der Waals surface area contributed by atoms with Crippen LogP contribution >= 0.6 is 11.3 Å². The number of nitrogens with one attached hydrogen (secondary N) is 1. The Morgan fingerprint density at radius 1 is 1.00 bits per heavy atom. The van der Waals surface area contributed by atoms with Gasteiger partial charge in [-0.3, -0.25) is 9.69 Å². The van der Waals surface area contributed by atoms with Crippen molar-refractivity contribution in [1.82, 2.24) is 20.4 Å². The molecule has 0 atom stereocenters. The third-order valence-corrected chi connectivity index (χ3v) is 7.08. The van der Waals surface area contributed by atoms with E-state index in [2.05, 4.69) is 25.3 Å². The lowest BCUT2D eigenvalue weighted by Gasteiger charge is -2.36. The van der Waals surface area contributed by atoms with Crippen molar-refractivity contribution in [3.05, 3.63) is 77.4 Å². The Kier molecular flexibility index (Phi) is 7.15. The van der Waals surface area contributed by atoms with E-state index in [-0.39, 0.29) is 11.7 Å². The maximum Gasteiger partial charge on any atom is 0.261 e. The average molecular weight is 492 g/mol. The zero-order valence-corrected chi connectivity index (χ0v) is 20.0. The Balaban J connectivity index is 1.05. The molecule has 3 heterocycles. The summed E-state index contributed by atoms with van der Waals surface area (Å²) < 4.78 is 18.5. The van der Waals surface area contributed by atoms with Crippen LogP contribution < -0.4 is 10.2 Å². The minimum absolute atomic E-state index is 0.0887. The molecule has 0 spiro atoms. The molecule has 0 saturated carbocycles. The minimum Gasteiger partial charge on any atom is -0.369 e. The summed E-state index contributed by atoms with van der Waals surface area (Å²) >= 11 is 1.35. The van der Waals surface area contributed by atoms with Gasteiger partial charge in [0.05, 0.1) is 9.75 Å². The van der Waals surface area contributed by atoms with Gasteiger partial charge in [0.2, 0.25) is 5.82 Å². The predicted molar refractivity (Wildman–Crippen MR) is 135 cm³/mol. The first-order chi connectivity index (χ1) is 17.2. The second-order valence-electron chi connectivity index (χ2n) is 8.37. The number of piperazine rings is 1. The lowest BCUT2D eigenvalue weighted by molar-refractivity contribution is 0.0955. The fourth-order valence-corrected chi connectivity index (χ4v) is 4.92. The first kappa shape index (κ1) is 23.2. The number of carbonyl (C=O) groups is 1. The first-order valence-electron chi connectivity index (χ1n) is 11.7. The van der Waals surface area contributed by atoms with Gasteiger partial charge in [0.1, 0.15) is 5.82 Å². The highest BCUT2D eigenvalue weighted by molar-refractivity contribution is 7.17. The van der Waals surface area contributed by atoms with Crippen LogP contribution in [-0.2, 0) is 0 Å². The lowest BCUT2D eigenvalue weighted by atomic mass is 10.2. The molecule has 0 aliphatic carbocycles. The van der Waals surface area contributed by atoms with Crippen LogP contribution in [0.15, 0.2) is 71.3 Å². The SMILES string of the molecule is O=C(NCCCN1CCN(c2ccc(F)cc2)CC1)c1ccc(-c2noc(-c3ccccc3)n2)s1. The van der Waals surface area contributed by atoms with Gasteiger partial charge >= 0.3 is 0 Å². The number of halogens is 1. The topological polar surface area (TPSA) is 74.5 Å². The highest BCUT2D eigenvalue weighted by Gasteiger charge is 2.18. The molecule has 35 heavy (non-hydrogen) atoms. The molecule has 1 aliphatic heterocycles. The van der Waals surface area contributed by atoms with Crippen LogP contribution in [0.4, 0.5) is 10.1 Å². The summed E-state index contributed by atoms with van der Waals surface area (Å²) in [7, 11) is 0. The summed E-state index contributed by atoms with van der Waals surface area (Å²) in [6.45, 7) is 5.28. The van der Waals surface area contributed by atoms with Crippen LogP contribution in [-0.4, -0.2) is 60.2 Å². The summed E-state index contributed by atoms with van der Waals surface area (Å²) in [4.78, 5) is 23.1. The van der Waals surface area contributed by atoms with Crippen molar-refractivity contribution in [3.63, 3.8) is 0 Å². The lowest BCUT2D eigenvalue weighted by Crippen LogP contribution is -2.47. The standard InChI is InChI=1S/C26H26FN5O2S/c27-20-7-9-21(10-8-20)32-17-15-31(16-18-32)14-4-13-28-25(33)23-12-11-22(35-23)24-29-26(34-30-24)19-5-2-1-3-6-19/h1-3,5-12H,4,13-18H2,(H,28,33). The van der Waals surface area contributed by atoms with Crippen LogP contribution in [0, 0.1) is 5.82 Å². The van der Waals surface area contributed by atoms with E-state index in [4.69, 9.17) is 4.52 Å². The van der Waals surface area contributed by atoms with Gasteiger partial charge in [-0.2, -0.15) is 4.98 Å². The number of amides is 1. The molecule has 0 radical (unpaired) electrons. The maximum absolute atomic E-state index is 13.1. The Labute approximate surface area is 207 Å². The molecule has 1 saturated heterocycles. The molecule has 4 aromatic rings. The molecule has 0 bridgehead atoms. The van der Waals surface area contributed by atoms with E-state index < -0.39 is 0 Å². The van der Waals surface area contributed by atoms with Gasteiger partial charge in [-0.25, -0.2) is 4.39 Å². The minimum atomic E-state index is -0.208.